The third kappa shape index (κ3) is 4.42. The number of anilines is 1. The van der Waals surface area contributed by atoms with Crippen LogP contribution in [0.3, 0.4) is 0 Å². The number of hydrogen-bond acceptors (Lipinski definition) is 5. The lowest BCUT2D eigenvalue weighted by Crippen LogP contribution is -2.33. The Labute approximate surface area is 173 Å². The van der Waals surface area contributed by atoms with Gasteiger partial charge in [0.25, 0.3) is 0 Å². The number of amides is 1. The first-order chi connectivity index (χ1) is 14.5. The molecule has 1 aliphatic heterocycles. The van der Waals surface area contributed by atoms with Crippen LogP contribution in [0, 0.1) is 0 Å². The Morgan fingerprint density at radius 1 is 1.03 bits per heavy atom. The minimum absolute atomic E-state index is 0.117. The summed E-state index contributed by atoms with van der Waals surface area (Å²) in [5, 5.41) is 24.4. The zero-order chi connectivity index (χ0) is 21.1. The first kappa shape index (κ1) is 19.9. The van der Waals surface area contributed by atoms with Crippen molar-refractivity contribution < 1.29 is 24.5 Å². The van der Waals surface area contributed by atoms with E-state index in [1.54, 1.807) is 12.1 Å². The second-order valence-corrected chi connectivity index (χ2v) is 7.33. The van der Waals surface area contributed by atoms with Gasteiger partial charge in [-0.2, -0.15) is 0 Å². The molecule has 1 aliphatic rings. The smallest absolute Gasteiger partial charge is 0.335 e. The van der Waals surface area contributed by atoms with Gasteiger partial charge in [-0.15, -0.1) is 0 Å². The van der Waals surface area contributed by atoms with E-state index >= 15 is 0 Å². The number of aliphatic hydroxyl groups excluding tert-OH is 1. The zero-order valence-electron chi connectivity index (χ0n) is 16.2. The van der Waals surface area contributed by atoms with Crippen molar-refractivity contribution in [1.82, 2.24) is 4.90 Å². The molecule has 0 radical (unpaired) electrons. The fraction of sp³-hybridized carbons (Fsp3) is 0.217. The molecule has 0 aliphatic carbocycles. The number of fused-ring (bicyclic) bond motifs is 1. The minimum atomic E-state index is -1.04. The topological polar surface area (TPSA) is 99.1 Å². The molecular formula is C23H22N2O5. The number of aromatic carboxylic acids is 1. The number of aliphatic hydroxyl groups is 1. The van der Waals surface area contributed by atoms with E-state index in [-0.39, 0.29) is 18.0 Å². The Bertz CT molecular complexity index is 1080. The van der Waals surface area contributed by atoms with E-state index in [9.17, 15) is 14.7 Å². The number of ether oxygens (including phenoxy) is 1. The average Bonchev–Trinajstić information content (AvgIpc) is 3.07. The summed E-state index contributed by atoms with van der Waals surface area (Å²) in [4.78, 5) is 25.5. The summed E-state index contributed by atoms with van der Waals surface area (Å²) in [6.07, 6.45) is -1.32. The van der Waals surface area contributed by atoms with Gasteiger partial charge in [0.15, 0.2) is 0 Å². The Morgan fingerprint density at radius 3 is 2.63 bits per heavy atom. The molecule has 0 spiro atoms. The quantitative estimate of drug-likeness (QED) is 0.582. The number of carboxylic acid groups (broad SMARTS) is 1. The number of carbonyl (C=O) groups is 2. The summed E-state index contributed by atoms with van der Waals surface area (Å²) in [5.41, 5.74) is 0.863. The van der Waals surface area contributed by atoms with Crippen molar-refractivity contribution in [2.45, 2.75) is 12.2 Å². The average molecular weight is 406 g/mol. The standard InChI is InChI=1S/C23H22N2O5/c26-20-12-25(13-21(20)30-17-8-3-7-16(11-17)23(28)29)14-22(27)24-19-10-4-6-15-5-1-2-9-18(15)19/h1-11,20-21,26H,12-14H2,(H,24,27)(H,28,29)/t20-,21-/m1/s1. The highest BCUT2D eigenvalue weighted by molar-refractivity contribution is 6.02. The Kier molecular flexibility index (Phi) is 5.65. The largest absolute Gasteiger partial charge is 0.486 e. The molecule has 2 atom stereocenters. The van der Waals surface area contributed by atoms with Crippen LogP contribution in [0.4, 0.5) is 5.69 Å². The normalized spacial score (nSPS) is 19.0. The van der Waals surface area contributed by atoms with Gasteiger partial charge in [0, 0.05) is 24.2 Å². The van der Waals surface area contributed by atoms with Gasteiger partial charge in [0.05, 0.1) is 12.1 Å². The lowest BCUT2D eigenvalue weighted by molar-refractivity contribution is -0.117. The van der Waals surface area contributed by atoms with Crippen molar-refractivity contribution in [1.29, 1.82) is 0 Å². The summed E-state index contributed by atoms with van der Waals surface area (Å²) < 4.78 is 5.78. The third-order valence-corrected chi connectivity index (χ3v) is 5.11. The molecule has 30 heavy (non-hydrogen) atoms. The van der Waals surface area contributed by atoms with Gasteiger partial charge in [-0.3, -0.25) is 9.69 Å². The van der Waals surface area contributed by atoms with Gasteiger partial charge in [-0.25, -0.2) is 4.79 Å². The minimum Gasteiger partial charge on any atom is -0.486 e. The molecule has 4 rings (SSSR count). The van der Waals surface area contributed by atoms with Gasteiger partial charge < -0.3 is 20.3 Å². The Hall–Kier alpha value is -3.42. The Balaban J connectivity index is 1.37. The molecule has 0 aromatic heterocycles. The zero-order valence-corrected chi connectivity index (χ0v) is 16.2. The second kappa shape index (κ2) is 8.52. The highest BCUT2D eigenvalue weighted by Crippen LogP contribution is 2.24. The van der Waals surface area contributed by atoms with E-state index in [1.807, 2.05) is 47.4 Å². The maximum absolute atomic E-state index is 12.6. The molecule has 3 N–H and O–H groups in total. The number of carbonyl (C=O) groups excluding carboxylic acids is 1. The van der Waals surface area contributed by atoms with Gasteiger partial charge in [-0.05, 0) is 29.7 Å². The predicted molar refractivity (Wildman–Crippen MR) is 113 cm³/mol. The second-order valence-electron chi connectivity index (χ2n) is 7.33. The number of hydrogen-bond donors (Lipinski definition) is 3. The predicted octanol–water partition coefficient (Wildman–Crippen LogP) is 2.60. The molecule has 1 amide bonds. The number of nitrogens with zero attached hydrogens (tertiary/aromatic N) is 1. The van der Waals surface area contributed by atoms with Crippen molar-refractivity contribution in [3.63, 3.8) is 0 Å². The van der Waals surface area contributed by atoms with Crippen molar-refractivity contribution >= 4 is 28.3 Å². The van der Waals surface area contributed by atoms with Crippen LogP contribution in [0.5, 0.6) is 5.75 Å². The molecule has 0 saturated carbocycles. The van der Waals surface area contributed by atoms with Crippen LogP contribution in [0.25, 0.3) is 10.8 Å². The fourth-order valence-corrected chi connectivity index (χ4v) is 3.68. The highest BCUT2D eigenvalue weighted by atomic mass is 16.5. The van der Waals surface area contributed by atoms with Crippen LogP contribution in [-0.4, -0.2) is 58.8 Å². The van der Waals surface area contributed by atoms with Crippen LogP contribution in [-0.2, 0) is 4.79 Å². The van der Waals surface area contributed by atoms with Gasteiger partial charge >= 0.3 is 5.97 Å². The maximum Gasteiger partial charge on any atom is 0.335 e. The summed E-state index contributed by atoms with van der Waals surface area (Å²) in [7, 11) is 0. The van der Waals surface area contributed by atoms with Crippen molar-refractivity contribution in [3.05, 3.63) is 72.3 Å². The molecular weight excluding hydrogens is 384 g/mol. The van der Waals surface area contributed by atoms with Gasteiger partial charge in [-0.1, -0.05) is 42.5 Å². The third-order valence-electron chi connectivity index (χ3n) is 5.11. The van der Waals surface area contributed by atoms with Gasteiger partial charge in [0.1, 0.15) is 18.0 Å². The monoisotopic (exact) mass is 406 g/mol. The molecule has 1 saturated heterocycles. The fourth-order valence-electron chi connectivity index (χ4n) is 3.68. The Morgan fingerprint density at radius 2 is 1.80 bits per heavy atom. The number of carboxylic acids is 1. The van der Waals surface area contributed by atoms with E-state index in [0.717, 1.165) is 16.5 Å². The molecule has 3 aromatic rings. The van der Waals surface area contributed by atoms with E-state index in [0.29, 0.717) is 18.8 Å². The van der Waals surface area contributed by atoms with Crippen LogP contribution in [0.1, 0.15) is 10.4 Å². The van der Waals surface area contributed by atoms with E-state index in [1.165, 1.54) is 12.1 Å². The first-order valence-electron chi connectivity index (χ1n) is 9.67. The van der Waals surface area contributed by atoms with Crippen LogP contribution in [0.2, 0.25) is 0 Å². The SMILES string of the molecule is O=C(CN1C[C@@H](O)[C@H](Oc2cccc(C(=O)O)c2)C1)Nc1cccc2ccccc12. The number of benzene rings is 3. The maximum atomic E-state index is 12.6. The molecule has 0 unspecified atom stereocenters. The summed E-state index contributed by atoms with van der Waals surface area (Å²) in [5.74, 6) is -0.841. The number of likely N-dealkylation sites (tertiary alicyclic amines) is 1. The summed E-state index contributed by atoms with van der Waals surface area (Å²) in [6.45, 7) is 0.781. The summed E-state index contributed by atoms with van der Waals surface area (Å²) in [6, 6.07) is 19.7. The van der Waals surface area contributed by atoms with E-state index in [2.05, 4.69) is 5.32 Å². The van der Waals surface area contributed by atoms with Crippen LogP contribution in [0.15, 0.2) is 66.7 Å². The first-order valence-corrected chi connectivity index (χ1v) is 9.67. The van der Waals surface area contributed by atoms with E-state index in [4.69, 9.17) is 9.84 Å². The molecule has 1 heterocycles. The van der Waals surface area contributed by atoms with Crippen molar-refractivity contribution in [2.24, 2.45) is 0 Å². The molecule has 3 aromatic carbocycles. The van der Waals surface area contributed by atoms with Crippen molar-refractivity contribution in [3.8, 4) is 5.75 Å². The summed E-state index contributed by atoms with van der Waals surface area (Å²) >= 11 is 0. The molecule has 1 fully saturated rings. The lowest BCUT2D eigenvalue weighted by atomic mass is 10.1. The lowest BCUT2D eigenvalue weighted by Gasteiger charge is -2.17. The van der Waals surface area contributed by atoms with Crippen LogP contribution >= 0.6 is 0 Å². The van der Waals surface area contributed by atoms with E-state index < -0.39 is 18.2 Å². The molecule has 154 valence electrons. The highest BCUT2D eigenvalue weighted by Gasteiger charge is 2.34. The van der Waals surface area contributed by atoms with Crippen molar-refractivity contribution in [2.75, 3.05) is 25.0 Å². The number of nitrogens with one attached hydrogen (secondary N) is 1. The molecule has 7 nitrogen and oxygen atoms in total. The number of β-amino-alcohol motifs (C(OH)–C–C–N with tert-alkyl or cyclic N) is 1. The number of rotatable bonds is 6. The van der Waals surface area contributed by atoms with Crippen LogP contribution < -0.4 is 10.1 Å². The molecule has 0 bridgehead atoms. The molecule has 7 heteroatoms. The van der Waals surface area contributed by atoms with Gasteiger partial charge in [0.2, 0.25) is 5.91 Å².